The molecule has 1 heterocycles. The van der Waals surface area contributed by atoms with Gasteiger partial charge in [0.15, 0.2) is 5.17 Å². The van der Waals surface area contributed by atoms with Gasteiger partial charge >= 0.3 is 0 Å². The van der Waals surface area contributed by atoms with Crippen molar-refractivity contribution in [1.29, 1.82) is 0 Å². The zero-order valence-corrected chi connectivity index (χ0v) is 16.6. The number of benzene rings is 2. The summed E-state index contributed by atoms with van der Waals surface area (Å²) in [6, 6.07) is 17.2. The van der Waals surface area contributed by atoms with Crippen molar-refractivity contribution in [3.8, 4) is 0 Å². The SMILES string of the molecule is CC(C)c1ccc(/C=N/N=C2\NC(=O)C(CC(=O)Nc3ccccc3)S2)cc1. The van der Waals surface area contributed by atoms with Crippen molar-refractivity contribution < 1.29 is 9.59 Å². The first-order valence-corrected chi connectivity index (χ1v) is 9.92. The molecule has 3 rings (SSSR count). The van der Waals surface area contributed by atoms with E-state index < -0.39 is 5.25 Å². The zero-order valence-electron chi connectivity index (χ0n) is 15.8. The molecule has 1 aliphatic rings. The van der Waals surface area contributed by atoms with Crippen molar-refractivity contribution in [3.63, 3.8) is 0 Å². The quantitative estimate of drug-likeness (QED) is 0.578. The van der Waals surface area contributed by atoms with E-state index in [0.717, 1.165) is 5.56 Å². The Hall–Kier alpha value is -2.93. The van der Waals surface area contributed by atoms with E-state index in [4.69, 9.17) is 0 Å². The number of amidine groups is 1. The number of para-hydroxylation sites is 1. The summed E-state index contributed by atoms with van der Waals surface area (Å²) in [5, 5.41) is 13.4. The van der Waals surface area contributed by atoms with Crippen LogP contribution in [0.3, 0.4) is 0 Å². The number of nitrogens with zero attached hydrogens (tertiary/aromatic N) is 2. The lowest BCUT2D eigenvalue weighted by atomic mass is 10.0. The van der Waals surface area contributed by atoms with E-state index >= 15 is 0 Å². The maximum Gasteiger partial charge on any atom is 0.240 e. The summed E-state index contributed by atoms with van der Waals surface area (Å²) < 4.78 is 0. The first kappa shape index (κ1) is 19.8. The summed E-state index contributed by atoms with van der Waals surface area (Å²) in [5.41, 5.74) is 2.90. The monoisotopic (exact) mass is 394 g/mol. The Bertz CT molecular complexity index is 892. The molecular weight excluding hydrogens is 372 g/mol. The number of hydrogen-bond donors (Lipinski definition) is 2. The maximum atomic E-state index is 12.1. The molecule has 1 saturated heterocycles. The fourth-order valence-electron chi connectivity index (χ4n) is 2.60. The lowest BCUT2D eigenvalue weighted by Crippen LogP contribution is -2.28. The van der Waals surface area contributed by atoms with Crippen LogP contribution >= 0.6 is 11.8 Å². The van der Waals surface area contributed by atoms with Crippen molar-refractivity contribution in [2.24, 2.45) is 10.2 Å². The molecule has 2 amide bonds. The van der Waals surface area contributed by atoms with E-state index in [2.05, 4.69) is 46.8 Å². The second-order valence-electron chi connectivity index (χ2n) is 6.69. The fourth-order valence-corrected chi connectivity index (χ4v) is 3.53. The lowest BCUT2D eigenvalue weighted by molar-refractivity contribution is -0.122. The highest BCUT2D eigenvalue weighted by molar-refractivity contribution is 8.15. The van der Waals surface area contributed by atoms with E-state index in [9.17, 15) is 9.59 Å². The maximum absolute atomic E-state index is 12.1. The molecule has 144 valence electrons. The third-order valence-electron chi connectivity index (χ3n) is 4.16. The number of anilines is 1. The van der Waals surface area contributed by atoms with Gasteiger partial charge in [0.25, 0.3) is 0 Å². The normalized spacial score (nSPS) is 18.0. The van der Waals surface area contributed by atoms with Crippen LogP contribution in [-0.4, -0.2) is 28.4 Å². The minimum atomic E-state index is -0.511. The van der Waals surface area contributed by atoms with Crippen molar-refractivity contribution in [2.45, 2.75) is 31.4 Å². The molecule has 0 aliphatic carbocycles. The van der Waals surface area contributed by atoms with Crippen LogP contribution < -0.4 is 10.6 Å². The largest absolute Gasteiger partial charge is 0.326 e. The molecule has 1 atom stereocenters. The summed E-state index contributed by atoms with van der Waals surface area (Å²) in [7, 11) is 0. The number of hydrogen-bond acceptors (Lipinski definition) is 5. The molecule has 7 heteroatoms. The number of rotatable bonds is 6. The molecule has 6 nitrogen and oxygen atoms in total. The van der Waals surface area contributed by atoms with Crippen molar-refractivity contribution in [2.75, 3.05) is 5.32 Å². The van der Waals surface area contributed by atoms with Crippen LogP contribution in [0, 0.1) is 0 Å². The zero-order chi connectivity index (χ0) is 19.9. The van der Waals surface area contributed by atoms with E-state index in [0.29, 0.717) is 16.8 Å². The molecule has 1 fully saturated rings. The summed E-state index contributed by atoms with van der Waals surface area (Å²) in [5.74, 6) is 0.0321. The predicted molar refractivity (Wildman–Crippen MR) is 115 cm³/mol. The first-order chi connectivity index (χ1) is 13.5. The average Bonchev–Trinajstić information content (AvgIpc) is 3.02. The smallest absolute Gasteiger partial charge is 0.240 e. The Balaban J connectivity index is 1.53. The first-order valence-electron chi connectivity index (χ1n) is 9.04. The van der Waals surface area contributed by atoms with Gasteiger partial charge in [0.05, 0.1) is 6.21 Å². The Kier molecular flexibility index (Phi) is 6.60. The summed E-state index contributed by atoms with van der Waals surface area (Å²) in [6.07, 6.45) is 1.71. The molecular formula is C21H22N4O2S. The van der Waals surface area contributed by atoms with Gasteiger partial charge < -0.3 is 10.6 Å². The van der Waals surface area contributed by atoms with Gasteiger partial charge in [0.2, 0.25) is 11.8 Å². The highest BCUT2D eigenvalue weighted by Crippen LogP contribution is 2.23. The molecule has 1 unspecified atom stereocenters. The highest BCUT2D eigenvalue weighted by atomic mass is 32.2. The third-order valence-corrected chi connectivity index (χ3v) is 5.24. The van der Waals surface area contributed by atoms with Gasteiger partial charge in [-0.25, -0.2) is 0 Å². The van der Waals surface area contributed by atoms with Crippen LogP contribution in [0.15, 0.2) is 64.8 Å². The Morgan fingerprint density at radius 2 is 1.89 bits per heavy atom. The van der Waals surface area contributed by atoms with Gasteiger partial charge in [-0.05, 0) is 29.2 Å². The number of carbonyl (C=O) groups is 2. The minimum absolute atomic E-state index is 0.0742. The van der Waals surface area contributed by atoms with Crippen molar-refractivity contribution in [3.05, 3.63) is 65.7 Å². The van der Waals surface area contributed by atoms with Crippen LogP contribution in [0.2, 0.25) is 0 Å². The fraction of sp³-hybridized carbons (Fsp3) is 0.238. The van der Waals surface area contributed by atoms with Crippen LogP contribution in [0.4, 0.5) is 5.69 Å². The van der Waals surface area contributed by atoms with Crippen LogP contribution in [-0.2, 0) is 9.59 Å². The van der Waals surface area contributed by atoms with E-state index in [1.54, 1.807) is 18.3 Å². The molecule has 0 spiro atoms. The van der Waals surface area contributed by atoms with Crippen molar-refractivity contribution >= 4 is 40.6 Å². The highest BCUT2D eigenvalue weighted by Gasteiger charge is 2.32. The average molecular weight is 394 g/mol. The molecule has 2 aromatic carbocycles. The van der Waals surface area contributed by atoms with Crippen molar-refractivity contribution in [1.82, 2.24) is 5.32 Å². The molecule has 2 aromatic rings. The van der Waals surface area contributed by atoms with Crippen LogP contribution in [0.5, 0.6) is 0 Å². The van der Waals surface area contributed by atoms with Crippen LogP contribution in [0.25, 0.3) is 0 Å². The molecule has 1 aliphatic heterocycles. The number of amides is 2. The van der Waals surface area contributed by atoms with E-state index in [-0.39, 0.29) is 18.2 Å². The Morgan fingerprint density at radius 1 is 1.18 bits per heavy atom. The van der Waals surface area contributed by atoms with Gasteiger partial charge in [0.1, 0.15) is 5.25 Å². The van der Waals surface area contributed by atoms with E-state index in [1.165, 1.54) is 17.3 Å². The Morgan fingerprint density at radius 3 is 2.57 bits per heavy atom. The second-order valence-corrected chi connectivity index (χ2v) is 7.88. The summed E-state index contributed by atoms with van der Waals surface area (Å²) >= 11 is 1.21. The number of carbonyl (C=O) groups excluding carboxylic acids is 2. The van der Waals surface area contributed by atoms with Gasteiger partial charge in [-0.2, -0.15) is 5.10 Å². The third kappa shape index (κ3) is 5.53. The molecule has 0 aromatic heterocycles. The second kappa shape index (κ2) is 9.32. The molecule has 0 bridgehead atoms. The van der Waals surface area contributed by atoms with Gasteiger partial charge in [0, 0.05) is 12.1 Å². The van der Waals surface area contributed by atoms with Gasteiger partial charge in [-0.15, -0.1) is 5.10 Å². The summed E-state index contributed by atoms with van der Waals surface area (Å²) in [4.78, 5) is 24.2. The van der Waals surface area contributed by atoms with Crippen LogP contribution in [0.1, 0.15) is 37.3 Å². The number of thioether (sulfide) groups is 1. The minimum Gasteiger partial charge on any atom is -0.326 e. The number of nitrogens with one attached hydrogen (secondary N) is 2. The van der Waals surface area contributed by atoms with Gasteiger partial charge in [-0.3, -0.25) is 9.59 Å². The Labute approximate surface area is 168 Å². The van der Waals surface area contributed by atoms with E-state index in [1.807, 2.05) is 30.3 Å². The summed E-state index contributed by atoms with van der Waals surface area (Å²) in [6.45, 7) is 4.29. The molecule has 28 heavy (non-hydrogen) atoms. The predicted octanol–water partition coefficient (Wildman–Crippen LogP) is 3.76. The molecule has 0 radical (unpaired) electrons. The molecule has 0 saturated carbocycles. The standard InChI is InChI=1S/C21H22N4O2S/c1-14(2)16-10-8-15(9-11-16)13-22-25-21-24-20(27)18(28-21)12-19(26)23-17-6-4-3-5-7-17/h3-11,13-14,18H,12H2,1-2H3,(H,23,26)(H,24,25,27)/b22-13+. The topological polar surface area (TPSA) is 82.9 Å². The van der Waals surface area contributed by atoms with Gasteiger partial charge in [-0.1, -0.05) is 68.1 Å². The molecule has 2 N–H and O–H groups in total. The lowest BCUT2D eigenvalue weighted by Gasteiger charge is -2.06.